The van der Waals surface area contributed by atoms with Crippen molar-refractivity contribution >= 4 is 29.2 Å². The first-order valence-electron chi connectivity index (χ1n) is 8.83. The van der Waals surface area contributed by atoms with Crippen LogP contribution >= 0.6 is 11.3 Å². The number of carbonyl (C=O) groups excluding carboxylic acids is 3. The van der Waals surface area contributed by atoms with Crippen LogP contribution in [0.15, 0.2) is 47.8 Å². The molecule has 4 N–H and O–H groups in total. The molecule has 0 unspecified atom stereocenters. The first-order chi connectivity index (χ1) is 13.1. The average molecular weight is 386 g/mol. The Kier molecular flexibility index (Phi) is 6.08. The van der Waals surface area contributed by atoms with Crippen molar-refractivity contribution in [3.8, 4) is 0 Å². The van der Waals surface area contributed by atoms with E-state index in [1.54, 1.807) is 17.5 Å². The van der Waals surface area contributed by atoms with Gasteiger partial charge in [0.25, 0.3) is 11.8 Å². The third kappa shape index (κ3) is 4.85. The normalized spacial score (nSPS) is 15.0. The molecule has 1 aromatic heterocycles. The molecular formula is C19H22N4O3S. The minimum atomic E-state index is -1.01. The van der Waals surface area contributed by atoms with E-state index in [0.29, 0.717) is 24.3 Å². The first-order valence-corrected chi connectivity index (χ1v) is 9.71. The highest BCUT2D eigenvalue weighted by atomic mass is 32.1. The van der Waals surface area contributed by atoms with Gasteiger partial charge in [0.05, 0.1) is 4.88 Å². The molecule has 0 aliphatic heterocycles. The van der Waals surface area contributed by atoms with Crippen molar-refractivity contribution in [2.45, 2.75) is 37.8 Å². The largest absolute Gasteiger partial charge is 0.334 e. The first kappa shape index (κ1) is 18.9. The Hall–Kier alpha value is -2.87. The number of nitrogens with one attached hydrogen (secondary N) is 4. The molecular weight excluding hydrogens is 364 g/mol. The maximum Gasteiger partial charge on any atom is 0.315 e. The Balaban J connectivity index is 1.55. The second kappa shape index (κ2) is 8.68. The van der Waals surface area contributed by atoms with Gasteiger partial charge in [0.2, 0.25) is 0 Å². The van der Waals surface area contributed by atoms with E-state index in [1.165, 1.54) is 11.3 Å². The average Bonchev–Trinajstić information content (AvgIpc) is 3.38. The summed E-state index contributed by atoms with van der Waals surface area (Å²) >= 11 is 1.29. The zero-order chi connectivity index (χ0) is 19.1. The van der Waals surface area contributed by atoms with Gasteiger partial charge in [0.1, 0.15) is 5.54 Å². The second-order valence-corrected chi connectivity index (χ2v) is 7.42. The molecule has 1 saturated carbocycles. The van der Waals surface area contributed by atoms with Crippen molar-refractivity contribution in [1.29, 1.82) is 0 Å². The molecule has 27 heavy (non-hydrogen) atoms. The number of hydrogen-bond donors (Lipinski definition) is 4. The predicted octanol–water partition coefficient (Wildman–Crippen LogP) is 2.32. The monoisotopic (exact) mass is 386 g/mol. The van der Waals surface area contributed by atoms with E-state index in [4.69, 9.17) is 0 Å². The maximum atomic E-state index is 12.7. The molecule has 0 spiro atoms. The number of carbonyl (C=O) groups is 3. The number of benzene rings is 1. The zero-order valence-corrected chi connectivity index (χ0v) is 15.6. The topological polar surface area (TPSA) is 99.3 Å². The van der Waals surface area contributed by atoms with Gasteiger partial charge in [-0.3, -0.25) is 20.4 Å². The lowest BCUT2D eigenvalue weighted by Gasteiger charge is -2.29. The summed E-state index contributed by atoms with van der Waals surface area (Å²) in [5, 5.41) is 7.37. The van der Waals surface area contributed by atoms with E-state index in [1.807, 2.05) is 30.3 Å². The summed E-state index contributed by atoms with van der Waals surface area (Å²) in [6.45, 7) is 0.374. The standard InChI is InChI=1S/C19H22N4O3S/c24-16(15-9-6-12-27-15)22-23-17(25)19(10-4-5-11-19)21-18(26)20-13-14-7-2-1-3-8-14/h1-3,6-9,12H,4-5,10-11,13H2,(H,22,24)(H,23,25)(H2,20,21,26). The minimum absolute atomic E-state index is 0.374. The van der Waals surface area contributed by atoms with E-state index in [-0.39, 0.29) is 5.91 Å². The summed E-state index contributed by atoms with van der Waals surface area (Å²) in [6, 6.07) is 12.6. The minimum Gasteiger partial charge on any atom is -0.334 e. The molecule has 7 nitrogen and oxygen atoms in total. The molecule has 0 saturated heterocycles. The van der Waals surface area contributed by atoms with Crippen molar-refractivity contribution in [3.05, 3.63) is 58.3 Å². The highest BCUT2D eigenvalue weighted by Crippen LogP contribution is 2.29. The Morgan fingerprint density at radius 3 is 2.37 bits per heavy atom. The zero-order valence-electron chi connectivity index (χ0n) is 14.8. The lowest BCUT2D eigenvalue weighted by atomic mass is 9.97. The summed E-state index contributed by atoms with van der Waals surface area (Å²) in [7, 11) is 0. The van der Waals surface area contributed by atoms with Crippen LogP contribution in [0.4, 0.5) is 4.79 Å². The SMILES string of the molecule is O=C(NCc1ccccc1)NC1(C(=O)NNC(=O)c2cccs2)CCCC1. The van der Waals surface area contributed by atoms with E-state index in [0.717, 1.165) is 18.4 Å². The quantitative estimate of drug-likeness (QED) is 0.594. The van der Waals surface area contributed by atoms with E-state index >= 15 is 0 Å². The maximum absolute atomic E-state index is 12.7. The molecule has 8 heteroatoms. The number of rotatable bonds is 5. The third-order valence-corrected chi connectivity index (χ3v) is 5.44. The molecule has 0 atom stereocenters. The fraction of sp³-hybridized carbons (Fsp3) is 0.316. The van der Waals surface area contributed by atoms with Crippen LogP contribution in [0.1, 0.15) is 40.9 Å². The van der Waals surface area contributed by atoms with Crippen LogP contribution in [0.5, 0.6) is 0 Å². The third-order valence-electron chi connectivity index (χ3n) is 4.57. The van der Waals surface area contributed by atoms with Crippen LogP contribution in [-0.4, -0.2) is 23.4 Å². The highest BCUT2D eigenvalue weighted by molar-refractivity contribution is 7.12. The lowest BCUT2D eigenvalue weighted by Crippen LogP contribution is -2.61. The summed E-state index contributed by atoms with van der Waals surface area (Å²) < 4.78 is 0. The van der Waals surface area contributed by atoms with Crippen molar-refractivity contribution in [2.24, 2.45) is 0 Å². The molecule has 1 heterocycles. The van der Waals surface area contributed by atoms with Crippen LogP contribution in [-0.2, 0) is 11.3 Å². The number of hydrogen-bond acceptors (Lipinski definition) is 4. The van der Waals surface area contributed by atoms with E-state index in [2.05, 4.69) is 21.5 Å². The fourth-order valence-electron chi connectivity index (χ4n) is 3.13. The number of urea groups is 1. The molecule has 1 aromatic carbocycles. The molecule has 1 aliphatic rings. The smallest absolute Gasteiger partial charge is 0.315 e. The molecule has 0 radical (unpaired) electrons. The van der Waals surface area contributed by atoms with Gasteiger partial charge in [-0.2, -0.15) is 0 Å². The van der Waals surface area contributed by atoms with Gasteiger partial charge in [0, 0.05) is 6.54 Å². The van der Waals surface area contributed by atoms with Crippen LogP contribution < -0.4 is 21.5 Å². The molecule has 4 amide bonds. The Morgan fingerprint density at radius 2 is 1.70 bits per heavy atom. The van der Waals surface area contributed by atoms with Crippen molar-refractivity contribution in [3.63, 3.8) is 0 Å². The van der Waals surface area contributed by atoms with E-state index < -0.39 is 17.5 Å². The number of amides is 4. The Labute approximate surface area is 161 Å². The predicted molar refractivity (Wildman–Crippen MR) is 103 cm³/mol. The molecule has 2 aromatic rings. The number of thiophene rings is 1. The summed E-state index contributed by atoms with van der Waals surface area (Å²) in [5.41, 5.74) is 4.84. The van der Waals surface area contributed by atoms with Gasteiger partial charge in [-0.05, 0) is 29.9 Å². The second-order valence-electron chi connectivity index (χ2n) is 6.47. The Morgan fingerprint density at radius 1 is 0.963 bits per heavy atom. The lowest BCUT2D eigenvalue weighted by molar-refractivity contribution is -0.127. The van der Waals surface area contributed by atoms with Crippen LogP contribution in [0.2, 0.25) is 0 Å². The Bertz CT molecular complexity index is 787. The molecule has 142 valence electrons. The van der Waals surface area contributed by atoms with Gasteiger partial charge >= 0.3 is 6.03 Å². The van der Waals surface area contributed by atoms with Crippen molar-refractivity contribution < 1.29 is 14.4 Å². The molecule has 1 aliphatic carbocycles. The summed E-state index contributed by atoms with van der Waals surface area (Å²) in [5.74, 6) is -0.778. The van der Waals surface area contributed by atoms with Gasteiger partial charge < -0.3 is 10.6 Å². The molecule has 3 rings (SSSR count). The van der Waals surface area contributed by atoms with E-state index in [9.17, 15) is 14.4 Å². The fourth-order valence-corrected chi connectivity index (χ4v) is 3.75. The number of hydrazine groups is 1. The molecule has 1 fully saturated rings. The van der Waals surface area contributed by atoms with Crippen molar-refractivity contribution in [1.82, 2.24) is 21.5 Å². The van der Waals surface area contributed by atoms with Gasteiger partial charge in [0.15, 0.2) is 0 Å². The summed E-state index contributed by atoms with van der Waals surface area (Å²) in [4.78, 5) is 37.5. The highest BCUT2D eigenvalue weighted by Gasteiger charge is 2.42. The van der Waals surface area contributed by atoms with Crippen LogP contribution in [0.25, 0.3) is 0 Å². The van der Waals surface area contributed by atoms with Crippen molar-refractivity contribution in [2.75, 3.05) is 0 Å². The van der Waals surface area contributed by atoms with Gasteiger partial charge in [-0.1, -0.05) is 49.2 Å². The molecule has 0 bridgehead atoms. The van der Waals surface area contributed by atoms with Crippen LogP contribution in [0.3, 0.4) is 0 Å². The van der Waals surface area contributed by atoms with Gasteiger partial charge in [-0.15, -0.1) is 11.3 Å². The van der Waals surface area contributed by atoms with Gasteiger partial charge in [-0.25, -0.2) is 4.79 Å². The summed E-state index contributed by atoms with van der Waals surface area (Å²) in [6.07, 6.45) is 2.75. The van der Waals surface area contributed by atoms with Crippen LogP contribution in [0, 0.1) is 0 Å².